The first kappa shape index (κ1) is 13.4. The topological polar surface area (TPSA) is 75.3 Å². The minimum Gasteiger partial charge on any atom is -0.276 e. The maximum Gasteiger partial charge on any atom is 0.172 e. The zero-order chi connectivity index (χ0) is 14.8. The maximum absolute atomic E-state index is 9.32. The van der Waals surface area contributed by atoms with Crippen molar-refractivity contribution in [3.63, 3.8) is 0 Å². The molecule has 0 saturated heterocycles. The van der Waals surface area contributed by atoms with E-state index in [4.69, 9.17) is 4.89 Å². The molecule has 0 atom stereocenters. The van der Waals surface area contributed by atoms with E-state index in [1.165, 1.54) is 7.11 Å². The molecular weight excluding hydrogens is 268 g/mol. The summed E-state index contributed by atoms with van der Waals surface area (Å²) >= 11 is 0. The molecule has 1 aromatic carbocycles. The van der Waals surface area contributed by atoms with Crippen molar-refractivity contribution in [3.8, 4) is 17.5 Å². The highest BCUT2D eigenvalue weighted by Gasteiger charge is 2.15. The molecule has 2 heterocycles. The van der Waals surface area contributed by atoms with Crippen LogP contribution < -0.4 is 0 Å². The number of benzene rings is 1. The van der Waals surface area contributed by atoms with Crippen LogP contribution in [0.25, 0.3) is 17.0 Å². The molecule has 0 radical (unpaired) electrons. The van der Waals surface area contributed by atoms with E-state index in [9.17, 15) is 5.26 Å². The second-order valence-corrected chi connectivity index (χ2v) is 4.71. The molecular formula is C15H14N4O2. The molecule has 3 aromatic rings. The fourth-order valence-electron chi connectivity index (χ4n) is 2.26. The molecule has 3 rings (SSSR count). The van der Waals surface area contributed by atoms with Crippen molar-refractivity contribution in [2.75, 3.05) is 7.11 Å². The Labute approximate surface area is 121 Å². The summed E-state index contributed by atoms with van der Waals surface area (Å²) in [5.74, 6) is 0.726. The van der Waals surface area contributed by atoms with E-state index in [1.54, 1.807) is 10.7 Å². The lowest BCUT2D eigenvalue weighted by molar-refractivity contribution is -0.282. The zero-order valence-electron chi connectivity index (χ0n) is 11.8. The van der Waals surface area contributed by atoms with Crippen molar-refractivity contribution in [1.29, 1.82) is 5.26 Å². The van der Waals surface area contributed by atoms with Gasteiger partial charge in [-0.25, -0.2) is 19.3 Å². The Morgan fingerprint density at radius 1 is 1.43 bits per heavy atom. The highest BCUT2D eigenvalue weighted by molar-refractivity contribution is 5.65. The van der Waals surface area contributed by atoms with Gasteiger partial charge in [0, 0.05) is 17.3 Å². The normalized spacial score (nSPS) is 10.9. The first-order valence-corrected chi connectivity index (χ1v) is 6.45. The second-order valence-electron chi connectivity index (χ2n) is 4.71. The van der Waals surface area contributed by atoms with Crippen LogP contribution in [-0.4, -0.2) is 21.7 Å². The number of aromatic nitrogens is 3. The lowest BCUT2D eigenvalue weighted by Crippen LogP contribution is -1.92. The van der Waals surface area contributed by atoms with Crippen LogP contribution in [0, 0.1) is 18.3 Å². The minimum absolute atomic E-state index is 0.205. The Hall–Kier alpha value is -2.62. The van der Waals surface area contributed by atoms with Gasteiger partial charge in [0.2, 0.25) is 0 Å². The van der Waals surface area contributed by atoms with Crippen molar-refractivity contribution >= 4 is 5.65 Å². The predicted molar refractivity (Wildman–Crippen MR) is 76.2 cm³/mol. The quantitative estimate of drug-likeness (QED) is 0.589. The van der Waals surface area contributed by atoms with E-state index < -0.39 is 0 Å². The molecule has 6 nitrogen and oxygen atoms in total. The summed E-state index contributed by atoms with van der Waals surface area (Å²) in [6.07, 6.45) is 1.79. The van der Waals surface area contributed by atoms with Gasteiger partial charge in [-0.05, 0) is 13.0 Å². The number of nitrogens with zero attached hydrogens (tertiary/aromatic N) is 3. The van der Waals surface area contributed by atoms with Crippen LogP contribution >= 0.6 is 0 Å². The van der Waals surface area contributed by atoms with Crippen LogP contribution in [0.3, 0.4) is 0 Å². The number of nitriles is 1. The molecule has 0 fully saturated rings. The minimum atomic E-state index is 0.205. The Morgan fingerprint density at radius 3 is 3.00 bits per heavy atom. The van der Waals surface area contributed by atoms with E-state index in [0.29, 0.717) is 11.2 Å². The summed E-state index contributed by atoms with van der Waals surface area (Å²) in [5, 5.41) is 12.5. The number of H-pyrrole nitrogens is 1. The maximum atomic E-state index is 9.32. The molecule has 21 heavy (non-hydrogen) atoms. The van der Waals surface area contributed by atoms with Gasteiger partial charge in [0.25, 0.3) is 0 Å². The van der Waals surface area contributed by atoms with E-state index in [2.05, 4.69) is 21.0 Å². The zero-order valence-corrected chi connectivity index (χ0v) is 11.8. The molecule has 0 aliphatic carbocycles. The van der Waals surface area contributed by atoms with Gasteiger partial charge in [-0.15, -0.1) is 0 Å². The van der Waals surface area contributed by atoms with Crippen molar-refractivity contribution in [1.82, 2.24) is 14.6 Å². The average Bonchev–Trinajstić information content (AvgIpc) is 3.02. The van der Waals surface area contributed by atoms with Crippen LogP contribution in [0.4, 0.5) is 0 Å². The number of rotatable bonds is 4. The van der Waals surface area contributed by atoms with Crippen LogP contribution in [-0.2, 0) is 16.4 Å². The molecule has 0 aliphatic heterocycles. The third kappa shape index (κ3) is 2.40. The van der Waals surface area contributed by atoms with E-state index in [1.807, 2.05) is 31.2 Å². The van der Waals surface area contributed by atoms with Gasteiger partial charge in [0.15, 0.2) is 11.5 Å². The third-order valence-corrected chi connectivity index (χ3v) is 3.24. The fraction of sp³-hybridized carbons (Fsp3) is 0.200. The summed E-state index contributed by atoms with van der Waals surface area (Å²) < 4.78 is 1.73. The summed E-state index contributed by atoms with van der Waals surface area (Å²) in [6, 6.07) is 10.2. The monoisotopic (exact) mass is 282 g/mol. The lowest BCUT2D eigenvalue weighted by atomic mass is 10.1. The summed E-state index contributed by atoms with van der Waals surface area (Å²) in [5.41, 5.74) is 3.94. The number of nitrogens with one attached hydrogen (secondary N) is 1. The molecule has 2 aromatic heterocycles. The van der Waals surface area contributed by atoms with Crippen molar-refractivity contribution in [3.05, 3.63) is 47.2 Å². The van der Waals surface area contributed by atoms with Crippen molar-refractivity contribution < 1.29 is 9.78 Å². The van der Waals surface area contributed by atoms with Gasteiger partial charge in [-0.3, -0.25) is 5.10 Å². The van der Waals surface area contributed by atoms with Crippen LogP contribution in [0.1, 0.15) is 16.7 Å². The fourth-order valence-corrected chi connectivity index (χ4v) is 2.26. The van der Waals surface area contributed by atoms with Gasteiger partial charge in [0.05, 0.1) is 7.11 Å². The second kappa shape index (κ2) is 5.40. The SMILES string of the molecule is COOCc1cn2[nH]c(-c3cccc(C)c3)nc2c1C#N. The molecule has 0 spiro atoms. The number of fused-ring (bicyclic) bond motifs is 1. The average molecular weight is 282 g/mol. The smallest absolute Gasteiger partial charge is 0.172 e. The molecule has 1 N–H and O–H groups in total. The standard InChI is InChI=1S/C15H14N4O2/c1-10-4-3-5-11(6-10)14-17-15-13(7-16)12(9-21-20-2)8-19(15)18-14/h3-6,8H,9H2,1-2H3,(H,17,18). The van der Waals surface area contributed by atoms with Crippen molar-refractivity contribution in [2.24, 2.45) is 0 Å². The first-order valence-electron chi connectivity index (χ1n) is 6.45. The van der Waals surface area contributed by atoms with Gasteiger partial charge >= 0.3 is 0 Å². The summed E-state index contributed by atoms with van der Waals surface area (Å²) in [7, 11) is 1.43. The van der Waals surface area contributed by atoms with Gasteiger partial charge in [-0.1, -0.05) is 23.8 Å². The molecule has 6 heteroatoms. The van der Waals surface area contributed by atoms with E-state index in [-0.39, 0.29) is 6.61 Å². The number of aryl methyl sites for hydroxylation is 1. The van der Waals surface area contributed by atoms with E-state index in [0.717, 1.165) is 22.5 Å². The Bertz CT molecular complexity index is 826. The molecule has 0 aliphatic rings. The predicted octanol–water partition coefficient (Wildman–Crippen LogP) is 2.59. The highest BCUT2D eigenvalue weighted by atomic mass is 17.2. The number of aromatic amines is 1. The number of hydrogen-bond donors (Lipinski definition) is 1. The summed E-state index contributed by atoms with van der Waals surface area (Å²) in [4.78, 5) is 14.0. The van der Waals surface area contributed by atoms with Crippen molar-refractivity contribution in [2.45, 2.75) is 13.5 Å². The Morgan fingerprint density at radius 2 is 2.29 bits per heavy atom. The van der Waals surface area contributed by atoms with Gasteiger partial charge in [0.1, 0.15) is 18.2 Å². The van der Waals surface area contributed by atoms with Crippen LogP contribution in [0.5, 0.6) is 0 Å². The Balaban J connectivity index is 2.06. The molecule has 0 amide bonds. The Kier molecular flexibility index (Phi) is 3.44. The third-order valence-electron chi connectivity index (χ3n) is 3.24. The highest BCUT2D eigenvalue weighted by Crippen LogP contribution is 2.22. The molecule has 0 bridgehead atoms. The summed E-state index contributed by atoms with van der Waals surface area (Å²) in [6.45, 7) is 2.23. The molecule has 0 unspecified atom stereocenters. The molecule has 106 valence electrons. The number of hydrogen-bond acceptors (Lipinski definition) is 4. The molecule has 0 saturated carbocycles. The van der Waals surface area contributed by atoms with Gasteiger partial charge < -0.3 is 0 Å². The first-order chi connectivity index (χ1) is 10.2. The van der Waals surface area contributed by atoms with E-state index >= 15 is 0 Å². The van der Waals surface area contributed by atoms with Crippen LogP contribution in [0.15, 0.2) is 30.5 Å². The lowest BCUT2D eigenvalue weighted by Gasteiger charge is -1.98. The van der Waals surface area contributed by atoms with Gasteiger partial charge in [-0.2, -0.15) is 5.26 Å². The van der Waals surface area contributed by atoms with Crippen LogP contribution in [0.2, 0.25) is 0 Å². The largest absolute Gasteiger partial charge is 0.276 e.